The zero-order valence-corrected chi connectivity index (χ0v) is 14.1. The molecule has 1 unspecified atom stereocenters. The standard InChI is InChI=1S/C19H35N/c1-4-6-16-15-18(2,3)9-10-19(16)11-13-20(14-12-19)17-7-5-8-17/h16-17H,4-15H2,1-3H3. The van der Waals surface area contributed by atoms with Crippen LogP contribution in [0, 0.1) is 16.7 Å². The van der Waals surface area contributed by atoms with Gasteiger partial charge in [-0.25, -0.2) is 0 Å². The van der Waals surface area contributed by atoms with Gasteiger partial charge in [-0.05, 0) is 74.8 Å². The van der Waals surface area contributed by atoms with Gasteiger partial charge in [-0.2, -0.15) is 0 Å². The van der Waals surface area contributed by atoms with Crippen LogP contribution in [0.3, 0.4) is 0 Å². The lowest BCUT2D eigenvalue weighted by Crippen LogP contribution is -2.51. The van der Waals surface area contributed by atoms with Crippen LogP contribution in [0.25, 0.3) is 0 Å². The van der Waals surface area contributed by atoms with Crippen LogP contribution in [-0.4, -0.2) is 24.0 Å². The fraction of sp³-hybridized carbons (Fsp3) is 1.00. The van der Waals surface area contributed by atoms with E-state index in [2.05, 4.69) is 25.7 Å². The first-order chi connectivity index (χ1) is 9.55. The van der Waals surface area contributed by atoms with E-state index < -0.39 is 0 Å². The molecule has 2 saturated carbocycles. The van der Waals surface area contributed by atoms with E-state index in [1.165, 1.54) is 77.3 Å². The van der Waals surface area contributed by atoms with E-state index >= 15 is 0 Å². The lowest BCUT2D eigenvalue weighted by atomic mass is 9.54. The molecule has 1 spiro atoms. The number of nitrogens with zero attached hydrogens (tertiary/aromatic N) is 1. The number of piperidine rings is 1. The molecule has 2 aliphatic carbocycles. The monoisotopic (exact) mass is 277 g/mol. The van der Waals surface area contributed by atoms with Crippen molar-refractivity contribution in [3.63, 3.8) is 0 Å². The molecule has 0 N–H and O–H groups in total. The van der Waals surface area contributed by atoms with E-state index in [1.807, 2.05) is 0 Å². The van der Waals surface area contributed by atoms with Crippen molar-refractivity contribution in [2.45, 2.75) is 91.0 Å². The van der Waals surface area contributed by atoms with Crippen LogP contribution < -0.4 is 0 Å². The Bertz CT molecular complexity index is 321. The third-order valence-corrected chi connectivity index (χ3v) is 6.99. The molecular weight excluding hydrogens is 242 g/mol. The molecule has 116 valence electrons. The van der Waals surface area contributed by atoms with E-state index in [9.17, 15) is 0 Å². The summed E-state index contributed by atoms with van der Waals surface area (Å²) in [6.07, 6.45) is 14.8. The molecule has 0 aromatic carbocycles. The summed E-state index contributed by atoms with van der Waals surface area (Å²) in [5.41, 5.74) is 1.34. The van der Waals surface area contributed by atoms with Gasteiger partial charge in [0, 0.05) is 6.04 Å². The van der Waals surface area contributed by atoms with E-state index in [-0.39, 0.29) is 0 Å². The van der Waals surface area contributed by atoms with Crippen molar-refractivity contribution < 1.29 is 0 Å². The third-order valence-electron chi connectivity index (χ3n) is 6.99. The highest BCUT2D eigenvalue weighted by Gasteiger charge is 2.47. The summed E-state index contributed by atoms with van der Waals surface area (Å²) >= 11 is 0. The first kappa shape index (κ1) is 14.9. The topological polar surface area (TPSA) is 3.24 Å². The maximum Gasteiger partial charge on any atom is 0.00952 e. The Morgan fingerprint density at radius 3 is 2.25 bits per heavy atom. The van der Waals surface area contributed by atoms with E-state index in [1.54, 1.807) is 0 Å². The second kappa shape index (κ2) is 5.63. The first-order valence-electron chi connectivity index (χ1n) is 9.29. The summed E-state index contributed by atoms with van der Waals surface area (Å²) in [6.45, 7) is 10.2. The number of hydrogen-bond donors (Lipinski definition) is 0. The zero-order chi connectivity index (χ0) is 14.2. The molecule has 0 aromatic rings. The fourth-order valence-corrected chi connectivity index (χ4v) is 5.28. The van der Waals surface area contributed by atoms with Gasteiger partial charge in [-0.3, -0.25) is 0 Å². The van der Waals surface area contributed by atoms with Crippen molar-refractivity contribution >= 4 is 0 Å². The molecule has 1 heterocycles. The largest absolute Gasteiger partial charge is 0.300 e. The number of likely N-dealkylation sites (tertiary alicyclic amines) is 1. The fourth-order valence-electron chi connectivity index (χ4n) is 5.28. The van der Waals surface area contributed by atoms with Gasteiger partial charge in [-0.15, -0.1) is 0 Å². The molecule has 20 heavy (non-hydrogen) atoms. The number of hydrogen-bond acceptors (Lipinski definition) is 1. The lowest BCUT2D eigenvalue weighted by Gasteiger charge is -2.55. The lowest BCUT2D eigenvalue weighted by molar-refractivity contribution is -0.0450. The molecule has 0 amide bonds. The van der Waals surface area contributed by atoms with Crippen LogP contribution in [0.15, 0.2) is 0 Å². The highest BCUT2D eigenvalue weighted by atomic mass is 15.2. The Morgan fingerprint density at radius 2 is 1.70 bits per heavy atom. The SMILES string of the molecule is CCCC1CC(C)(C)CCC12CCN(C1CCC1)CC2. The predicted octanol–water partition coefficient (Wildman–Crippen LogP) is 5.25. The maximum atomic E-state index is 2.83. The summed E-state index contributed by atoms with van der Waals surface area (Å²) in [5, 5.41) is 0. The van der Waals surface area contributed by atoms with E-state index in [4.69, 9.17) is 0 Å². The molecular formula is C19H35N. The van der Waals surface area contributed by atoms with Gasteiger partial charge in [0.1, 0.15) is 0 Å². The average molecular weight is 277 g/mol. The van der Waals surface area contributed by atoms with Gasteiger partial charge in [0.15, 0.2) is 0 Å². The highest BCUT2D eigenvalue weighted by molar-refractivity contribution is 4.99. The molecule has 1 heteroatoms. The Hall–Kier alpha value is -0.0400. The van der Waals surface area contributed by atoms with Gasteiger partial charge in [0.2, 0.25) is 0 Å². The molecule has 3 fully saturated rings. The van der Waals surface area contributed by atoms with Crippen molar-refractivity contribution in [1.29, 1.82) is 0 Å². The molecule has 0 bridgehead atoms. The van der Waals surface area contributed by atoms with Gasteiger partial charge < -0.3 is 4.90 Å². The Labute approximate surface area is 126 Å². The summed E-state index contributed by atoms with van der Waals surface area (Å²) in [4.78, 5) is 2.83. The van der Waals surface area contributed by atoms with Gasteiger partial charge in [-0.1, -0.05) is 40.0 Å². The Balaban J connectivity index is 1.64. The van der Waals surface area contributed by atoms with Crippen molar-refractivity contribution in [2.75, 3.05) is 13.1 Å². The average Bonchev–Trinajstić information content (AvgIpc) is 2.35. The highest BCUT2D eigenvalue weighted by Crippen LogP contribution is 2.55. The molecule has 0 aromatic heterocycles. The first-order valence-corrected chi connectivity index (χ1v) is 9.29. The van der Waals surface area contributed by atoms with Gasteiger partial charge >= 0.3 is 0 Å². The third kappa shape index (κ3) is 2.80. The van der Waals surface area contributed by atoms with Crippen LogP contribution in [0.4, 0.5) is 0 Å². The summed E-state index contributed by atoms with van der Waals surface area (Å²) in [6, 6.07) is 0.969. The molecule has 1 saturated heterocycles. The normalized spacial score (nSPS) is 34.0. The molecule has 3 rings (SSSR count). The molecule has 1 aliphatic heterocycles. The smallest absolute Gasteiger partial charge is 0.00952 e. The predicted molar refractivity (Wildman–Crippen MR) is 86.9 cm³/mol. The molecule has 0 radical (unpaired) electrons. The second-order valence-corrected chi connectivity index (χ2v) is 8.84. The van der Waals surface area contributed by atoms with Crippen LogP contribution in [-0.2, 0) is 0 Å². The Morgan fingerprint density at radius 1 is 1.00 bits per heavy atom. The van der Waals surface area contributed by atoms with Crippen molar-refractivity contribution in [1.82, 2.24) is 4.90 Å². The zero-order valence-electron chi connectivity index (χ0n) is 14.1. The summed E-state index contributed by atoms with van der Waals surface area (Å²) in [5.74, 6) is 1.01. The van der Waals surface area contributed by atoms with Crippen molar-refractivity contribution in [3.05, 3.63) is 0 Å². The van der Waals surface area contributed by atoms with Gasteiger partial charge in [0.25, 0.3) is 0 Å². The minimum Gasteiger partial charge on any atom is -0.300 e. The maximum absolute atomic E-state index is 2.83. The van der Waals surface area contributed by atoms with Crippen molar-refractivity contribution in [2.24, 2.45) is 16.7 Å². The van der Waals surface area contributed by atoms with Gasteiger partial charge in [0.05, 0.1) is 0 Å². The summed E-state index contributed by atoms with van der Waals surface area (Å²) < 4.78 is 0. The summed E-state index contributed by atoms with van der Waals surface area (Å²) in [7, 11) is 0. The minimum absolute atomic E-state index is 0.607. The van der Waals surface area contributed by atoms with Crippen LogP contribution >= 0.6 is 0 Å². The second-order valence-electron chi connectivity index (χ2n) is 8.84. The van der Waals surface area contributed by atoms with Crippen molar-refractivity contribution in [3.8, 4) is 0 Å². The van der Waals surface area contributed by atoms with E-state index in [0.29, 0.717) is 5.41 Å². The van der Waals surface area contributed by atoms with Crippen LogP contribution in [0.1, 0.15) is 85.0 Å². The van der Waals surface area contributed by atoms with Crippen LogP contribution in [0.5, 0.6) is 0 Å². The van der Waals surface area contributed by atoms with Crippen LogP contribution in [0.2, 0.25) is 0 Å². The Kier molecular flexibility index (Phi) is 4.19. The minimum atomic E-state index is 0.607. The van der Waals surface area contributed by atoms with E-state index in [0.717, 1.165) is 17.4 Å². The molecule has 3 aliphatic rings. The molecule has 1 nitrogen and oxygen atoms in total. The quantitative estimate of drug-likeness (QED) is 0.681. The molecule has 1 atom stereocenters. The number of rotatable bonds is 3.